The topological polar surface area (TPSA) is 85.5 Å². The van der Waals surface area contributed by atoms with E-state index in [1.165, 1.54) is 0 Å². The number of hydrogen-bond acceptors (Lipinski definition) is 5. The zero-order valence-corrected chi connectivity index (χ0v) is 9.10. The van der Waals surface area contributed by atoms with Crippen molar-refractivity contribution in [2.45, 2.75) is 37.7 Å². The molecule has 0 unspecified atom stereocenters. The Bertz CT molecular complexity index is 382. The number of carbonyl (C=O) groups is 1. The summed E-state index contributed by atoms with van der Waals surface area (Å²) in [6, 6.07) is 0. The number of ether oxygens (including phenoxy) is 1. The van der Waals surface area contributed by atoms with E-state index in [9.17, 15) is 4.79 Å². The van der Waals surface area contributed by atoms with Gasteiger partial charge in [0.1, 0.15) is 5.60 Å². The summed E-state index contributed by atoms with van der Waals surface area (Å²) in [5.74, 6) is -1.21. The number of aromatic nitrogens is 2. The molecule has 0 saturated heterocycles. The molecule has 1 aliphatic rings. The van der Waals surface area contributed by atoms with Gasteiger partial charge in [0.25, 0.3) is 11.7 Å². The Morgan fingerprint density at radius 1 is 1.44 bits per heavy atom. The van der Waals surface area contributed by atoms with Crippen molar-refractivity contribution >= 4 is 5.97 Å². The highest BCUT2D eigenvalue weighted by Crippen LogP contribution is 2.38. The van der Waals surface area contributed by atoms with Crippen LogP contribution in [0.25, 0.3) is 0 Å². The van der Waals surface area contributed by atoms with Gasteiger partial charge in [-0.1, -0.05) is 19.3 Å². The summed E-state index contributed by atoms with van der Waals surface area (Å²) in [4.78, 5) is 14.5. The Kier molecular flexibility index (Phi) is 2.91. The van der Waals surface area contributed by atoms with Gasteiger partial charge >= 0.3 is 5.97 Å². The van der Waals surface area contributed by atoms with Gasteiger partial charge in [-0.15, -0.1) is 0 Å². The molecule has 0 atom stereocenters. The Balaban J connectivity index is 2.28. The first-order chi connectivity index (χ1) is 7.68. The number of rotatable bonds is 3. The lowest BCUT2D eigenvalue weighted by Gasteiger charge is -2.32. The summed E-state index contributed by atoms with van der Waals surface area (Å²) in [5.41, 5.74) is -0.584. The molecule has 1 aliphatic carbocycles. The zero-order chi connectivity index (χ0) is 11.6. The molecule has 0 aliphatic heterocycles. The monoisotopic (exact) mass is 226 g/mol. The lowest BCUT2D eigenvalue weighted by Crippen LogP contribution is -2.31. The molecular formula is C10H14N2O4. The molecule has 0 bridgehead atoms. The van der Waals surface area contributed by atoms with Crippen LogP contribution in [0.1, 0.15) is 48.6 Å². The van der Waals surface area contributed by atoms with Crippen molar-refractivity contribution < 1.29 is 19.2 Å². The van der Waals surface area contributed by atoms with Gasteiger partial charge in [0.2, 0.25) is 0 Å². The highest BCUT2D eigenvalue weighted by Gasteiger charge is 2.39. The summed E-state index contributed by atoms with van der Waals surface area (Å²) in [6.07, 6.45) is 4.80. The van der Waals surface area contributed by atoms with Crippen LogP contribution in [0.5, 0.6) is 0 Å². The predicted molar refractivity (Wildman–Crippen MR) is 53.0 cm³/mol. The Morgan fingerprint density at radius 3 is 2.62 bits per heavy atom. The Labute approximate surface area is 92.6 Å². The third kappa shape index (κ3) is 1.80. The second-order valence-electron chi connectivity index (χ2n) is 3.99. The molecule has 1 N–H and O–H groups in total. The third-order valence-corrected chi connectivity index (χ3v) is 3.06. The van der Waals surface area contributed by atoms with E-state index in [0.717, 1.165) is 32.1 Å². The van der Waals surface area contributed by atoms with Crippen LogP contribution in [0.3, 0.4) is 0 Å². The number of hydrogen-bond donors (Lipinski definition) is 1. The fourth-order valence-electron chi connectivity index (χ4n) is 2.12. The fourth-order valence-corrected chi connectivity index (χ4v) is 2.12. The number of nitrogens with zero attached hydrogens (tertiary/aromatic N) is 2. The highest BCUT2D eigenvalue weighted by atomic mass is 16.5. The minimum atomic E-state index is -1.18. The lowest BCUT2D eigenvalue weighted by atomic mass is 9.84. The maximum atomic E-state index is 10.7. The molecule has 6 nitrogen and oxygen atoms in total. The van der Waals surface area contributed by atoms with E-state index in [-0.39, 0.29) is 11.7 Å². The number of methoxy groups -OCH3 is 1. The van der Waals surface area contributed by atoms with Crippen LogP contribution in [-0.2, 0) is 10.3 Å². The van der Waals surface area contributed by atoms with Crippen LogP contribution in [0.15, 0.2) is 4.52 Å². The first-order valence-corrected chi connectivity index (χ1v) is 5.30. The van der Waals surface area contributed by atoms with Crippen LogP contribution in [0.4, 0.5) is 0 Å². The average molecular weight is 226 g/mol. The summed E-state index contributed by atoms with van der Waals surface area (Å²) in [5, 5.41) is 12.1. The van der Waals surface area contributed by atoms with E-state index in [1.54, 1.807) is 7.11 Å². The minimum absolute atomic E-state index is 0.284. The predicted octanol–water partition coefficient (Wildman–Crippen LogP) is 1.57. The summed E-state index contributed by atoms with van der Waals surface area (Å²) in [7, 11) is 1.59. The average Bonchev–Trinajstić information content (AvgIpc) is 2.80. The molecular weight excluding hydrogens is 212 g/mol. The molecule has 1 heterocycles. The summed E-state index contributed by atoms with van der Waals surface area (Å²) < 4.78 is 10.5. The maximum Gasteiger partial charge on any atom is 0.377 e. The molecule has 1 aromatic heterocycles. The van der Waals surface area contributed by atoms with Crippen LogP contribution in [0.2, 0.25) is 0 Å². The molecule has 16 heavy (non-hydrogen) atoms. The fraction of sp³-hybridized carbons (Fsp3) is 0.700. The third-order valence-electron chi connectivity index (χ3n) is 3.06. The maximum absolute atomic E-state index is 10.7. The molecule has 1 saturated carbocycles. The summed E-state index contributed by atoms with van der Waals surface area (Å²) >= 11 is 0. The van der Waals surface area contributed by atoms with Crippen LogP contribution in [-0.4, -0.2) is 28.3 Å². The molecule has 88 valence electrons. The van der Waals surface area contributed by atoms with Crippen LogP contribution in [0, 0.1) is 0 Å². The SMILES string of the molecule is COC1(c2nc(C(=O)O)no2)CCCCC1. The van der Waals surface area contributed by atoms with Crippen molar-refractivity contribution in [2.75, 3.05) is 7.11 Å². The van der Waals surface area contributed by atoms with Gasteiger partial charge in [0.15, 0.2) is 0 Å². The van der Waals surface area contributed by atoms with Gasteiger partial charge in [-0.05, 0) is 18.0 Å². The minimum Gasteiger partial charge on any atom is -0.475 e. The second-order valence-corrected chi connectivity index (χ2v) is 3.99. The standard InChI is InChI=1S/C10H14N2O4/c1-15-10(5-3-2-4-6-10)9-11-7(8(13)14)12-16-9/h2-6H2,1H3,(H,13,14). The van der Waals surface area contributed by atoms with Gasteiger partial charge in [0.05, 0.1) is 0 Å². The first-order valence-electron chi connectivity index (χ1n) is 5.30. The van der Waals surface area contributed by atoms with Crippen molar-refractivity contribution in [3.63, 3.8) is 0 Å². The smallest absolute Gasteiger partial charge is 0.377 e. The van der Waals surface area contributed by atoms with E-state index < -0.39 is 11.6 Å². The van der Waals surface area contributed by atoms with Gasteiger partial charge in [-0.2, -0.15) is 4.98 Å². The van der Waals surface area contributed by atoms with Gasteiger partial charge in [-0.3, -0.25) is 0 Å². The van der Waals surface area contributed by atoms with Crippen molar-refractivity contribution in [3.8, 4) is 0 Å². The zero-order valence-electron chi connectivity index (χ0n) is 9.10. The Hall–Kier alpha value is -1.43. The normalized spacial score (nSPS) is 19.6. The van der Waals surface area contributed by atoms with E-state index in [4.69, 9.17) is 14.4 Å². The van der Waals surface area contributed by atoms with Crippen molar-refractivity contribution in [2.24, 2.45) is 0 Å². The number of carboxylic acid groups (broad SMARTS) is 1. The van der Waals surface area contributed by atoms with E-state index in [2.05, 4.69) is 10.1 Å². The van der Waals surface area contributed by atoms with Crippen molar-refractivity contribution in [1.82, 2.24) is 10.1 Å². The largest absolute Gasteiger partial charge is 0.475 e. The first kappa shape index (κ1) is 11.1. The van der Waals surface area contributed by atoms with E-state index in [0.29, 0.717) is 0 Å². The molecule has 0 spiro atoms. The molecule has 0 amide bonds. The van der Waals surface area contributed by atoms with E-state index >= 15 is 0 Å². The van der Waals surface area contributed by atoms with Crippen molar-refractivity contribution in [1.29, 1.82) is 0 Å². The number of aromatic carboxylic acids is 1. The van der Waals surface area contributed by atoms with Gasteiger partial charge < -0.3 is 14.4 Å². The van der Waals surface area contributed by atoms with Crippen LogP contribution >= 0.6 is 0 Å². The lowest BCUT2D eigenvalue weighted by molar-refractivity contribution is -0.0672. The molecule has 2 rings (SSSR count). The molecule has 6 heteroatoms. The molecule has 1 aromatic rings. The van der Waals surface area contributed by atoms with Crippen molar-refractivity contribution in [3.05, 3.63) is 11.7 Å². The van der Waals surface area contributed by atoms with E-state index in [1.807, 2.05) is 0 Å². The van der Waals surface area contributed by atoms with Crippen LogP contribution < -0.4 is 0 Å². The summed E-state index contributed by atoms with van der Waals surface area (Å²) in [6.45, 7) is 0. The van der Waals surface area contributed by atoms with Gasteiger partial charge in [0, 0.05) is 7.11 Å². The van der Waals surface area contributed by atoms with Gasteiger partial charge in [-0.25, -0.2) is 4.79 Å². The Morgan fingerprint density at radius 2 is 2.12 bits per heavy atom. The molecule has 0 radical (unpaired) electrons. The number of carboxylic acids is 1. The molecule has 0 aromatic carbocycles. The highest BCUT2D eigenvalue weighted by molar-refractivity contribution is 5.82. The molecule has 1 fully saturated rings. The quantitative estimate of drug-likeness (QED) is 0.842. The second kappa shape index (κ2) is 4.21.